The lowest BCUT2D eigenvalue weighted by atomic mass is 10.1. The summed E-state index contributed by atoms with van der Waals surface area (Å²) in [5.41, 5.74) is 2.60. The lowest BCUT2D eigenvalue weighted by Crippen LogP contribution is -2.31. The number of carbonyl (C=O) groups is 1. The van der Waals surface area contributed by atoms with Crippen LogP contribution in [0.5, 0.6) is 0 Å². The summed E-state index contributed by atoms with van der Waals surface area (Å²) in [6, 6.07) is 13.2. The molecular weight excluding hydrogens is 478 g/mol. The molecule has 36 heavy (non-hydrogen) atoms. The van der Waals surface area contributed by atoms with Gasteiger partial charge in [0.15, 0.2) is 11.6 Å². The topological polar surface area (TPSA) is 133 Å². The van der Waals surface area contributed by atoms with E-state index in [1.165, 1.54) is 11.8 Å². The van der Waals surface area contributed by atoms with Gasteiger partial charge in [-0.15, -0.1) is 5.10 Å². The zero-order chi connectivity index (χ0) is 25.1. The van der Waals surface area contributed by atoms with Crippen LogP contribution in [0.2, 0.25) is 0 Å². The maximum Gasteiger partial charge on any atom is 0.238 e. The van der Waals surface area contributed by atoms with E-state index in [-0.39, 0.29) is 18.5 Å². The predicted octanol–water partition coefficient (Wildman–Crippen LogP) is 4.25. The summed E-state index contributed by atoms with van der Waals surface area (Å²) >= 11 is 1.42. The Morgan fingerprint density at radius 2 is 2.11 bits per heavy atom. The van der Waals surface area contributed by atoms with E-state index < -0.39 is 0 Å². The van der Waals surface area contributed by atoms with Crippen LogP contribution in [0.15, 0.2) is 63.9 Å². The fraction of sp³-hybridized carbons (Fsp3) is 0.333. The molecule has 0 bridgehead atoms. The Labute approximate surface area is 212 Å². The average molecular weight is 506 g/mol. The highest BCUT2D eigenvalue weighted by Crippen LogP contribution is 2.29. The number of amides is 1. The first-order valence-corrected chi connectivity index (χ1v) is 12.6. The smallest absolute Gasteiger partial charge is 0.238 e. The van der Waals surface area contributed by atoms with Gasteiger partial charge in [-0.05, 0) is 60.5 Å². The third-order valence-corrected chi connectivity index (χ3v) is 6.81. The number of fused-ring (bicyclic) bond motifs is 1. The van der Waals surface area contributed by atoms with Crippen LogP contribution in [0.1, 0.15) is 31.9 Å². The van der Waals surface area contributed by atoms with E-state index in [0.29, 0.717) is 47.9 Å². The quantitative estimate of drug-likeness (QED) is 0.288. The van der Waals surface area contributed by atoms with E-state index in [9.17, 15) is 9.70 Å². The van der Waals surface area contributed by atoms with Crippen LogP contribution < -0.4 is 10.6 Å². The monoisotopic (exact) mass is 505 g/mol. The molecule has 4 heterocycles. The molecule has 0 saturated carbocycles. The second kappa shape index (κ2) is 10.5. The van der Waals surface area contributed by atoms with Crippen molar-refractivity contribution in [1.29, 1.82) is 0 Å². The van der Waals surface area contributed by atoms with Crippen molar-refractivity contribution < 1.29 is 4.79 Å². The van der Waals surface area contributed by atoms with E-state index in [1.54, 1.807) is 4.52 Å². The number of benzene rings is 1. The number of nitrogens with zero attached hydrogens (tertiary/aromatic N) is 6. The van der Waals surface area contributed by atoms with Crippen molar-refractivity contribution in [3.63, 3.8) is 0 Å². The fourth-order valence-corrected chi connectivity index (χ4v) is 4.77. The highest BCUT2D eigenvalue weighted by molar-refractivity contribution is 7.99. The van der Waals surface area contributed by atoms with E-state index in [1.807, 2.05) is 53.6 Å². The second-order valence-electron chi connectivity index (χ2n) is 9.03. The number of nitroso groups, excluding NO2 is 1. The molecule has 1 amide bonds. The maximum absolute atomic E-state index is 12.4. The van der Waals surface area contributed by atoms with Crippen LogP contribution in [0.25, 0.3) is 5.52 Å². The number of carbonyl (C=O) groups excluding carboxylic acids is 1. The highest BCUT2D eigenvalue weighted by Gasteiger charge is 2.24. The van der Waals surface area contributed by atoms with Gasteiger partial charge in [-0.25, -0.2) is 9.50 Å². The molecule has 0 spiro atoms. The van der Waals surface area contributed by atoms with Crippen LogP contribution >= 0.6 is 11.8 Å². The number of hydrogen-bond donors (Lipinski definition) is 3. The predicted molar refractivity (Wildman–Crippen MR) is 139 cm³/mol. The molecule has 0 radical (unpaired) electrons. The number of aromatic nitrogens is 5. The van der Waals surface area contributed by atoms with Crippen molar-refractivity contribution in [2.24, 2.45) is 5.18 Å². The molecule has 1 fully saturated rings. The number of H-pyrrole nitrogens is 1. The average Bonchev–Trinajstić information content (AvgIpc) is 3.61. The van der Waals surface area contributed by atoms with E-state index in [2.05, 4.69) is 45.0 Å². The molecule has 1 aliphatic rings. The molecule has 186 valence electrons. The molecular formula is C24H27N9O2S. The van der Waals surface area contributed by atoms with Crippen molar-refractivity contribution in [2.75, 3.05) is 30.3 Å². The molecule has 1 atom stereocenters. The van der Waals surface area contributed by atoms with Gasteiger partial charge >= 0.3 is 0 Å². The van der Waals surface area contributed by atoms with Crippen LogP contribution in [0.4, 0.5) is 17.3 Å². The molecule has 4 aromatic rings. The summed E-state index contributed by atoms with van der Waals surface area (Å²) in [5.74, 6) is 1.59. The van der Waals surface area contributed by atoms with Crippen LogP contribution in [0, 0.1) is 4.91 Å². The van der Waals surface area contributed by atoms with Gasteiger partial charge in [0.1, 0.15) is 11.6 Å². The van der Waals surface area contributed by atoms with Crippen molar-refractivity contribution in [2.45, 2.75) is 42.3 Å². The summed E-state index contributed by atoms with van der Waals surface area (Å²) in [6.07, 6.45) is 2.58. The summed E-state index contributed by atoms with van der Waals surface area (Å²) in [6.45, 7) is 5.70. The molecule has 3 aromatic heterocycles. The van der Waals surface area contributed by atoms with Gasteiger partial charge in [0.05, 0.1) is 6.54 Å². The molecule has 12 heteroatoms. The highest BCUT2D eigenvalue weighted by atomic mass is 32.2. The lowest BCUT2D eigenvalue weighted by molar-refractivity contribution is -0.117. The van der Waals surface area contributed by atoms with E-state index in [0.717, 1.165) is 16.1 Å². The number of likely N-dealkylation sites (tertiary alicyclic amines) is 1. The maximum atomic E-state index is 12.4. The van der Waals surface area contributed by atoms with E-state index >= 15 is 0 Å². The minimum absolute atomic E-state index is 0.113. The number of rotatable bonds is 9. The molecule has 1 unspecified atom stereocenters. The van der Waals surface area contributed by atoms with Gasteiger partial charge in [-0.3, -0.25) is 14.8 Å². The lowest BCUT2D eigenvalue weighted by Gasteiger charge is -2.14. The summed E-state index contributed by atoms with van der Waals surface area (Å²) < 4.78 is 1.78. The molecule has 0 aliphatic carbocycles. The third kappa shape index (κ3) is 5.55. The van der Waals surface area contributed by atoms with Gasteiger partial charge in [0.25, 0.3) is 0 Å². The Bertz CT molecular complexity index is 1370. The normalized spacial score (nSPS) is 16.0. The van der Waals surface area contributed by atoms with E-state index in [4.69, 9.17) is 4.98 Å². The minimum atomic E-state index is -0.213. The first kappa shape index (κ1) is 23.9. The summed E-state index contributed by atoms with van der Waals surface area (Å²) in [7, 11) is 0. The number of aromatic amines is 1. The van der Waals surface area contributed by atoms with Gasteiger partial charge in [0, 0.05) is 41.6 Å². The Hall–Kier alpha value is -3.77. The fourth-order valence-electron chi connectivity index (χ4n) is 4.02. The molecule has 11 nitrogen and oxygen atoms in total. The molecule has 1 saturated heterocycles. The first-order chi connectivity index (χ1) is 17.5. The van der Waals surface area contributed by atoms with Crippen LogP contribution in [0.3, 0.4) is 0 Å². The molecule has 5 rings (SSSR count). The second-order valence-corrected chi connectivity index (χ2v) is 10.1. The van der Waals surface area contributed by atoms with Gasteiger partial charge in [0.2, 0.25) is 11.1 Å². The van der Waals surface area contributed by atoms with Crippen LogP contribution in [-0.4, -0.2) is 61.3 Å². The minimum Gasteiger partial charge on any atom is -0.325 e. The SMILES string of the molecule is CC(C)c1cc(Nc2nc(Sc3ccc(NC(=O)CN4CCC(N=O)C4)cc3)nn3cccc23)n[nH]1. The molecule has 1 aliphatic heterocycles. The third-order valence-electron chi connectivity index (χ3n) is 5.95. The van der Waals surface area contributed by atoms with Crippen LogP contribution in [-0.2, 0) is 4.79 Å². The van der Waals surface area contributed by atoms with Crippen molar-refractivity contribution in [1.82, 2.24) is 29.7 Å². The Morgan fingerprint density at radius 3 is 2.83 bits per heavy atom. The largest absolute Gasteiger partial charge is 0.325 e. The zero-order valence-electron chi connectivity index (χ0n) is 20.0. The summed E-state index contributed by atoms with van der Waals surface area (Å²) in [5, 5.41) is 21.8. The zero-order valence-corrected chi connectivity index (χ0v) is 20.8. The van der Waals surface area contributed by atoms with Crippen molar-refractivity contribution in [3.05, 3.63) is 59.3 Å². The Kier molecular flexibility index (Phi) is 6.96. The standard InChI is InChI=1S/C24H27N9O2S/c1-15(2)19-12-21(29-28-19)26-23-20-4-3-10-33(20)30-24(27-23)36-18-7-5-16(6-8-18)25-22(34)14-32-11-9-17(13-32)31-35/h3-8,10,12,15,17H,9,11,13-14H2,1-2H3,(H,25,34)(H2,26,27,28,29,30). The first-order valence-electron chi connectivity index (χ1n) is 11.8. The van der Waals surface area contributed by atoms with Gasteiger partial charge in [-0.1, -0.05) is 19.0 Å². The van der Waals surface area contributed by atoms with Gasteiger partial charge in [-0.2, -0.15) is 10.0 Å². The van der Waals surface area contributed by atoms with Crippen molar-refractivity contribution in [3.8, 4) is 0 Å². The Morgan fingerprint density at radius 1 is 1.28 bits per heavy atom. The summed E-state index contributed by atoms with van der Waals surface area (Å²) in [4.78, 5) is 30.6. The molecule has 3 N–H and O–H groups in total. The molecule has 1 aromatic carbocycles. The number of anilines is 3. The Balaban J connectivity index is 1.24. The van der Waals surface area contributed by atoms with Crippen molar-refractivity contribution >= 4 is 40.5 Å². The van der Waals surface area contributed by atoms with Gasteiger partial charge < -0.3 is 10.6 Å². The number of hydrogen-bond acceptors (Lipinski definition) is 9. The number of nitrogens with one attached hydrogen (secondary N) is 3.